The number of amides is 1. The number of hydrogen-bond donors (Lipinski definition) is 3. The predicted octanol–water partition coefficient (Wildman–Crippen LogP) is -0.819. The Morgan fingerprint density at radius 2 is 2.28 bits per heavy atom. The first-order valence-corrected chi connectivity index (χ1v) is 6.39. The molecule has 2 aliphatic rings. The molecule has 0 aliphatic carbocycles. The van der Waals surface area contributed by atoms with Gasteiger partial charge in [-0.2, -0.15) is 0 Å². The van der Waals surface area contributed by atoms with Gasteiger partial charge in [0.1, 0.15) is 17.8 Å². The Bertz CT molecular complexity index is 324. The van der Waals surface area contributed by atoms with Crippen molar-refractivity contribution in [3.8, 4) is 0 Å². The number of aliphatic hydroxyl groups is 2. The fourth-order valence-electron chi connectivity index (χ4n) is 2.88. The van der Waals surface area contributed by atoms with Crippen LogP contribution in [0.5, 0.6) is 0 Å². The number of carbonyl (C=O) groups is 1. The van der Waals surface area contributed by atoms with Gasteiger partial charge >= 0.3 is 0 Å². The van der Waals surface area contributed by atoms with Gasteiger partial charge in [-0.3, -0.25) is 4.79 Å². The summed E-state index contributed by atoms with van der Waals surface area (Å²) in [7, 11) is 0. The highest BCUT2D eigenvalue weighted by molar-refractivity contribution is 5.73. The molecule has 0 radical (unpaired) electrons. The van der Waals surface area contributed by atoms with Crippen LogP contribution < -0.4 is 5.32 Å². The fourth-order valence-corrected chi connectivity index (χ4v) is 2.88. The van der Waals surface area contributed by atoms with Gasteiger partial charge in [0.05, 0.1) is 18.8 Å². The molecule has 2 saturated heterocycles. The predicted molar refractivity (Wildman–Crippen MR) is 62.9 cm³/mol. The molecule has 0 saturated carbocycles. The topological polar surface area (TPSA) is 88.0 Å². The van der Waals surface area contributed by atoms with E-state index < -0.39 is 23.9 Å². The largest absolute Gasteiger partial charge is 0.388 e. The number of rotatable bonds is 4. The third-order valence-corrected chi connectivity index (χ3v) is 3.79. The molecule has 2 bridgehead atoms. The minimum atomic E-state index is -1.04. The van der Waals surface area contributed by atoms with Crippen molar-refractivity contribution in [2.75, 3.05) is 13.2 Å². The highest BCUT2D eigenvalue weighted by atomic mass is 16.6. The van der Waals surface area contributed by atoms with Crippen molar-refractivity contribution in [1.29, 1.82) is 0 Å². The second kappa shape index (κ2) is 5.13. The van der Waals surface area contributed by atoms with Crippen molar-refractivity contribution in [3.05, 3.63) is 0 Å². The molecule has 0 unspecified atom stereocenters. The number of aliphatic hydroxyl groups excluding tert-OH is 2. The Kier molecular flexibility index (Phi) is 3.91. The first-order chi connectivity index (χ1) is 8.50. The zero-order valence-corrected chi connectivity index (χ0v) is 10.8. The number of hydrogen-bond acceptors (Lipinski definition) is 5. The third-order valence-electron chi connectivity index (χ3n) is 3.79. The van der Waals surface area contributed by atoms with Gasteiger partial charge in [0.15, 0.2) is 0 Å². The second-order valence-electron chi connectivity index (χ2n) is 5.06. The van der Waals surface area contributed by atoms with Crippen molar-refractivity contribution in [2.24, 2.45) is 0 Å². The van der Waals surface area contributed by atoms with E-state index in [1.54, 1.807) is 0 Å². The van der Waals surface area contributed by atoms with E-state index in [1.165, 1.54) is 6.92 Å². The first-order valence-electron chi connectivity index (χ1n) is 6.39. The molecule has 6 nitrogen and oxygen atoms in total. The SMILES string of the molecule is CCOC[C@@]12CC[C@@H](O1)[C@H](NC(C)=O)[C@@H](O)[C@H]2O. The Morgan fingerprint density at radius 1 is 1.56 bits per heavy atom. The molecular weight excluding hydrogens is 238 g/mol. The maximum absolute atomic E-state index is 11.1. The van der Waals surface area contributed by atoms with Crippen molar-refractivity contribution in [2.45, 2.75) is 56.6 Å². The molecule has 5 atom stereocenters. The summed E-state index contributed by atoms with van der Waals surface area (Å²) in [6.07, 6.45) is -0.985. The molecule has 2 rings (SSSR count). The highest BCUT2D eigenvalue weighted by Crippen LogP contribution is 2.42. The summed E-state index contributed by atoms with van der Waals surface area (Å²) < 4.78 is 11.2. The molecule has 0 aromatic rings. The average molecular weight is 259 g/mol. The van der Waals surface area contributed by atoms with Gasteiger partial charge in [0.2, 0.25) is 5.91 Å². The van der Waals surface area contributed by atoms with Crippen LogP contribution in [0, 0.1) is 0 Å². The summed E-state index contributed by atoms with van der Waals surface area (Å²) in [4.78, 5) is 11.1. The molecular formula is C12H21NO5. The van der Waals surface area contributed by atoms with Crippen molar-refractivity contribution >= 4 is 5.91 Å². The Balaban J connectivity index is 2.12. The van der Waals surface area contributed by atoms with Gasteiger partial charge in [-0.1, -0.05) is 0 Å². The van der Waals surface area contributed by atoms with E-state index in [4.69, 9.17) is 9.47 Å². The molecule has 2 fully saturated rings. The first kappa shape index (κ1) is 13.7. The van der Waals surface area contributed by atoms with Gasteiger partial charge in [0, 0.05) is 13.5 Å². The summed E-state index contributed by atoms with van der Waals surface area (Å²) >= 11 is 0. The van der Waals surface area contributed by atoms with E-state index in [9.17, 15) is 15.0 Å². The average Bonchev–Trinajstić information content (AvgIpc) is 2.73. The lowest BCUT2D eigenvalue weighted by Crippen LogP contribution is -2.65. The molecule has 3 N–H and O–H groups in total. The Morgan fingerprint density at radius 3 is 2.89 bits per heavy atom. The van der Waals surface area contributed by atoms with Crippen LogP contribution in [0.15, 0.2) is 0 Å². The molecule has 0 aromatic carbocycles. The molecule has 0 spiro atoms. The third kappa shape index (κ3) is 2.25. The molecule has 2 aliphatic heterocycles. The standard InChI is InChI=1S/C12H21NO5/c1-3-17-6-12-5-4-8(18-12)9(13-7(2)14)10(15)11(12)16/h8-11,15-16H,3-6H2,1-2H3,(H,13,14)/t8-,9+,10-,11-,12-/m1/s1. The maximum atomic E-state index is 11.1. The molecule has 104 valence electrons. The van der Waals surface area contributed by atoms with Crippen molar-refractivity contribution in [3.63, 3.8) is 0 Å². The number of nitrogens with one attached hydrogen (secondary N) is 1. The van der Waals surface area contributed by atoms with E-state index in [2.05, 4.69) is 5.32 Å². The molecule has 2 heterocycles. The van der Waals surface area contributed by atoms with Crippen LogP contribution in [0.3, 0.4) is 0 Å². The summed E-state index contributed by atoms with van der Waals surface area (Å²) in [5.41, 5.74) is -0.824. The minimum Gasteiger partial charge on any atom is -0.388 e. The molecule has 6 heteroatoms. The number of carbonyl (C=O) groups excluding carboxylic acids is 1. The van der Waals surface area contributed by atoms with Crippen LogP contribution in [0.1, 0.15) is 26.7 Å². The zero-order valence-electron chi connectivity index (χ0n) is 10.8. The van der Waals surface area contributed by atoms with Crippen LogP contribution >= 0.6 is 0 Å². The Labute approximate surface area is 106 Å². The Hall–Kier alpha value is -0.690. The van der Waals surface area contributed by atoms with Gasteiger partial charge in [0.25, 0.3) is 0 Å². The van der Waals surface area contributed by atoms with Crippen LogP contribution in [-0.2, 0) is 14.3 Å². The normalized spacial score (nSPS) is 42.9. The minimum absolute atomic E-state index is 0.237. The second-order valence-corrected chi connectivity index (χ2v) is 5.06. The molecule has 18 heavy (non-hydrogen) atoms. The summed E-state index contributed by atoms with van der Waals surface area (Å²) in [6, 6.07) is -0.547. The van der Waals surface area contributed by atoms with Gasteiger partial charge in [-0.15, -0.1) is 0 Å². The monoisotopic (exact) mass is 259 g/mol. The van der Waals surface area contributed by atoms with E-state index in [1.807, 2.05) is 6.92 Å². The summed E-state index contributed by atoms with van der Waals surface area (Å²) in [5.74, 6) is -0.237. The van der Waals surface area contributed by atoms with Crippen LogP contribution in [-0.4, -0.2) is 59.3 Å². The van der Waals surface area contributed by atoms with Crippen LogP contribution in [0.2, 0.25) is 0 Å². The quantitative estimate of drug-likeness (QED) is 0.614. The maximum Gasteiger partial charge on any atom is 0.217 e. The van der Waals surface area contributed by atoms with Crippen LogP contribution in [0.4, 0.5) is 0 Å². The van der Waals surface area contributed by atoms with E-state index >= 15 is 0 Å². The smallest absolute Gasteiger partial charge is 0.217 e. The van der Waals surface area contributed by atoms with Crippen LogP contribution in [0.25, 0.3) is 0 Å². The number of ether oxygens (including phenoxy) is 2. The van der Waals surface area contributed by atoms with Gasteiger partial charge < -0.3 is 25.0 Å². The fraction of sp³-hybridized carbons (Fsp3) is 0.917. The number of fused-ring (bicyclic) bond motifs is 2. The van der Waals surface area contributed by atoms with Gasteiger partial charge in [-0.25, -0.2) is 0 Å². The van der Waals surface area contributed by atoms with Gasteiger partial charge in [-0.05, 0) is 19.8 Å². The van der Waals surface area contributed by atoms with E-state index in [0.29, 0.717) is 19.4 Å². The molecule has 1 amide bonds. The summed E-state index contributed by atoms with van der Waals surface area (Å²) in [6.45, 7) is 4.06. The van der Waals surface area contributed by atoms with E-state index in [0.717, 1.165) is 0 Å². The van der Waals surface area contributed by atoms with Crippen molar-refractivity contribution in [1.82, 2.24) is 5.32 Å². The lowest BCUT2D eigenvalue weighted by atomic mass is 9.88. The zero-order chi connectivity index (χ0) is 13.3. The van der Waals surface area contributed by atoms with E-state index in [-0.39, 0.29) is 18.6 Å². The lowest BCUT2D eigenvalue weighted by Gasteiger charge is -2.44. The van der Waals surface area contributed by atoms with Crippen molar-refractivity contribution < 1.29 is 24.5 Å². The molecule has 0 aromatic heterocycles. The summed E-state index contributed by atoms with van der Waals surface area (Å²) in [5, 5.41) is 23.0. The lowest BCUT2D eigenvalue weighted by molar-refractivity contribution is -0.224. The highest BCUT2D eigenvalue weighted by Gasteiger charge is 2.58.